The van der Waals surface area contributed by atoms with Gasteiger partial charge in [0.15, 0.2) is 0 Å². The topological polar surface area (TPSA) is 80.6 Å². The minimum absolute atomic E-state index is 0.0874. The number of rotatable bonds is 5. The van der Waals surface area contributed by atoms with Crippen molar-refractivity contribution in [3.05, 3.63) is 53.3 Å². The Morgan fingerprint density at radius 1 is 1.21 bits per heavy atom. The number of aryl methyl sites for hydroxylation is 3. The Bertz CT molecular complexity index is 1010. The van der Waals surface area contributed by atoms with Crippen molar-refractivity contribution in [2.24, 2.45) is 18.9 Å². The van der Waals surface area contributed by atoms with E-state index < -0.39 is 10.0 Å². The van der Waals surface area contributed by atoms with Crippen molar-refractivity contribution in [3.63, 3.8) is 0 Å². The molecule has 0 aliphatic carbocycles. The summed E-state index contributed by atoms with van der Waals surface area (Å²) in [5.74, 6) is 0.0618. The summed E-state index contributed by atoms with van der Waals surface area (Å²) in [4.78, 5) is 12.7. The van der Waals surface area contributed by atoms with E-state index in [1.807, 2.05) is 39.2 Å². The molecule has 8 heteroatoms. The number of hydrogen-bond donors (Lipinski definition) is 1. The van der Waals surface area contributed by atoms with Gasteiger partial charge in [-0.15, -0.1) is 0 Å². The Morgan fingerprint density at radius 3 is 2.59 bits per heavy atom. The molecule has 1 N–H and O–H groups in total. The molecule has 0 radical (unpaired) electrons. The van der Waals surface area contributed by atoms with Crippen molar-refractivity contribution in [1.82, 2.24) is 14.2 Å². The molecule has 29 heavy (non-hydrogen) atoms. The number of sulfonamides is 1. The molecule has 0 saturated carbocycles. The molecule has 0 bridgehead atoms. The third kappa shape index (κ3) is 3.84. The number of aromatic nitrogens is 1. The zero-order chi connectivity index (χ0) is 20.8. The molecular formula is C21H27N3O4S. The minimum atomic E-state index is -3.56. The summed E-state index contributed by atoms with van der Waals surface area (Å²) >= 11 is 0. The largest absolute Gasteiger partial charge is 0.376 e. The second kappa shape index (κ2) is 7.59. The Hall–Kier alpha value is -2.16. The summed E-state index contributed by atoms with van der Waals surface area (Å²) in [6.07, 6.45) is 1.71. The first-order valence-corrected chi connectivity index (χ1v) is 11.3. The lowest BCUT2D eigenvalue weighted by Gasteiger charge is -2.20. The van der Waals surface area contributed by atoms with Crippen LogP contribution >= 0.6 is 0 Å². The number of nitrogens with zero attached hydrogens (tertiary/aromatic N) is 2. The van der Waals surface area contributed by atoms with Crippen LogP contribution in [0.4, 0.5) is 0 Å². The van der Waals surface area contributed by atoms with Crippen molar-refractivity contribution >= 4 is 15.9 Å². The molecule has 0 unspecified atom stereocenters. The number of nitrogens with one attached hydrogen (secondary N) is 1. The van der Waals surface area contributed by atoms with Crippen molar-refractivity contribution in [2.45, 2.75) is 24.8 Å². The van der Waals surface area contributed by atoms with E-state index >= 15 is 0 Å². The van der Waals surface area contributed by atoms with E-state index in [4.69, 9.17) is 4.74 Å². The lowest BCUT2D eigenvalue weighted by atomic mass is 9.93. The third-order valence-corrected chi connectivity index (χ3v) is 7.75. The fourth-order valence-electron chi connectivity index (χ4n) is 4.41. The van der Waals surface area contributed by atoms with Crippen LogP contribution in [0.5, 0.6) is 0 Å². The van der Waals surface area contributed by atoms with Crippen LogP contribution in [0.25, 0.3) is 0 Å². The van der Waals surface area contributed by atoms with Crippen molar-refractivity contribution < 1.29 is 17.9 Å². The molecule has 1 aromatic carbocycles. The van der Waals surface area contributed by atoms with Crippen molar-refractivity contribution in [3.8, 4) is 0 Å². The molecule has 2 aliphatic rings. The van der Waals surface area contributed by atoms with Crippen molar-refractivity contribution in [1.29, 1.82) is 0 Å². The van der Waals surface area contributed by atoms with Crippen LogP contribution in [0, 0.1) is 25.7 Å². The van der Waals surface area contributed by atoms with Crippen LogP contribution in [-0.4, -0.2) is 55.5 Å². The molecular weight excluding hydrogens is 390 g/mol. The summed E-state index contributed by atoms with van der Waals surface area (Å²) in [5, 5.41) is 2.97. The van der Waals surface area contributed by atoms with Crippen LogP contribution in [0.2, 0.25) is 0 Å². The quantitative estimate of drug-likeness (QED) is 0.803. The van der Waals surface area contributed by atoms with Crippen molar-refractivity contribution in [2.75, 3.05) is 26.2 Å². The van der Waals surface area contributed by atoms with Crippen LogP contribution < -0.4 is 5.32 Å². The molecule has 4 rings (SSSR count). The van der Waals surface area contributed by atoms with Gasteiger partial charge in [-0.05, 0) is 49.2 Å². The molecule has 156 valence electrons. The fourth-order valence-corrected chi connectivity index (χ4v) is 6.09. The summed E-state index contributed by atoms with van der Waals surface area (Å²) in [6, 6.07) is 9.00. The average Bonchev–Trinajstić information content (AvgIpc) is 3.35. The molecule has 3 heterocycles. The molecule has 2 aliphatic heterocycles. The van der Waals surface area contributed by atoms with Gasteiger partial charge >= 0.3 is 0 Å². The van der Waals surface area contributed by atoms with Crippen LogP contribution in [0.1, 0.15) is 21.6 Å². The maximum atomic E-state index is 13.1. The molecule has 1 aromatic heterocycles. The molecule has 2 aromatic rings. The van der Waals surface area contributed by atoms with Gasteiger partial charge in [0, 0.05) is 44.7 Å². The highest BCUT2D eigenvalue weighted by Crippen LogP contribution is 2.36. The number of ether oxygens (including phenoxy) is 1. The normalized spacial score (nSPS) is 24.6. The second-order valence-electron chi connectivity index (χ2n) is 8.16. The zero-order valence-electron chi connectivity index (χ0n) is 17.0. The van der Waals surface area contributed by atoms with Gasteiger partial charge in [-0.3, -0.25) is 4.79 Å². The first kappa shape index (κ1) is 20.1. The van der Waals surface area contributed by atoms with E-state index in [9.17, 15) is 13.2 Å². The molecule has 7 nitrogen and oxygen atoms in total. The number of fused-ring (bicyclic) bond motifs is 1. The molecule has 2 saturated heterocycles. The SMILES string of the molecule is Cc1cc(C)cc(S(=O)(=O)N2C[C@@H]3[C@@H](CNC(=O)c4cccn4C)CO[C@@H]3C2)c1. The van der Waals surface area contributed by atoms with Gasteiger partial charge in [0.2, 0.25) is 10.0 Å². The zero-order valence-corrected chi connectivity index (χ0v) is 17.8. The van der Waals surface area contributed by atoms with Crippen LogP contribution in [-0.2, 0) is 21.8 Å². The van der Waals surface area contributed by atoms with Gasteiger partial charge in [-0.1, -0.05) is 6.07 Å². The molecule has 1 amide bonds. The van der Waals surface area contributed by atoms with Crippen LogP contribution in [0.15, 0.2) is 41.4 Å². The van der Waals surface area contributed by atoms with E-state index in [0.29, 0.717) is 36.8 Å². The summed E-state index contributed by atoms with van der Waals surface area (Å²) in [7, 11) is -1.73. The summed E-state index contributed by atoms with van der Waals surface area (Å²) < 4.78 is 35.5. The highest BCUT2D eigenvalue weighted by atomic mass is 32.2. The Morgan fingerprint density at radius 2 is 1.93 bits per heavy atom. The standard InChI is InChI=1S/C21H27N3O4S/c1-14-7-15(2)9-17(8-14)29(26,27)24-11-18-16(13-28-20(18)12-24)10-22-21(25)19-5-4-6-23(19)3/h4-9,16,18,20H,10-13H2,1-3H3,(H,22,25)/t16-,18+,20+/m0/s1. The summed E-state index contributed by atoms with van der Waals surface area (Å²) in [6.45, 7) is 5.61. The highest BCUT2D eigenvalue weighted by Gasteiger charge is 2.47. The van der Waals surface area contributed by atoms with Gasteiger partial charge in [0.25, 0.3) is 5.91 Å². The maximum absolute atomic E-state index is 13.1. The van der Waals surface area contributed by atoms with Gasteiger partial charge in [0.1, 0.15) is 5.69 Å². The molecule has 3 atom stereocenters. The fraction of sp³-hybridized carbons (Fsp3) is 0.476. The Balaban J connectivity index is 1.43. The minimum Gasteiger partial charge on any atom is -0.376 e. The first-order valence-electron chi connectivity index (χ1n) is 9.85. The second-order valence-corrected chi connectivity index (χ2v) is 10.1. The lowest BCUT2D eigenvalue weighted by molar-refractivity contribution is 0.0925. The number of carbonyl (C=O) groups is 1. The monoisotopic (exact) mass is 417 g/mol. The third-order valence-electron chi connectivity index (χ3n) is 5.94. The lowest BCUT2D eigenvalue weighted by Crippen LogP contribution is -2.36. The molecule has 2 fully saturated rings. The number of benzene rings is 1. The number of carbonyl (C=O) groups excluding carboxylic acids is 1. The van der Waals surface area contributed by atoms with E-state index in [1.165, 1.54) is 4.31 Å². The van der Waals surface area contributed by atoms with E-state index in [0.717, 1.165) is 11.1 Å². The number of amides is 1. The van der Waals surface area contributed by atoms with Gasteiger partial charge < -0.3 is 14.6 Å². The average molecular weight is 418 g/mol. The first-order chi connectivity index (χ1) is 13.8. The smallest absolute Gasteiger partial charge is 0.267 e. The Kier molecular flexibility index (Phi) is 5.27. The summed E-state index contributed by atoms with van der Waals surface area (Å²) in [5.41, 5.74) is 2.46. The van der Waals surface area contributed by atoms with E-state index in [-0.39, 0.29) is 23.8 Å². The van der Waals surface area contributed by atoms with E-state index in [2.05, 4.69) is 5.32 Å². The Labute approximate surface area is 171 Å². The van der Waals surface area contributed by atoms with Gasteiger partial charge in [-0.2, -0.15) is 4.31 Å². The van der Waals surface area contributed by atoms with Gasteiger partial charge in [-0.25, -0.2) is 8.42 Å². The highest BCUT2D eigenvalue weighted by molar-refractivity contribution is 7.89. The number of hydrogen-bond acceptors (Lipinski definition) is 4. The molecule has 0 spiro atoms. The predicted octanol–water partition coefficient (Wildman–Crippen LogP) is 1.71. The maximum Gasteiger partial charge on any atom is 0.267 e. The van der Waals surface area contributed by atoms with Gasteiger partial charge in [0.05, 0.1) is 17.6 Å². The van der Waals surface area contributed by atoms with E-state index in [1.54, 1.807) is 22.8 Å². The van der Waals surface area contributed by atoms with Crippen LogP contribution in [0.3, 0.4) is 0 Å². The predicted molar refractivity (Wildman–Crippen MR) is 109 cm³/mol.